The Balaban J connectivity index is 2.10. The van der Waals surface area contributed by atoms with Crippen molar-refractivity contribution >= 4 is 34.8 Å². The summed E-state index contributed by atoms with van der Waals surface area (Å²) in [5.41, 5.74) is -0.433. The third-order valence-corrected chi connectivity index (χ3v) is 5.10. The summed E-state index contributed by atoms with van der Waals surface area (Å²) in [7, 11) is 0. The highest BCUT2D eigenvalue weighted by Gasteiger charge is 2.45. The van der Waals surface area contributed by atoms with Crippen molar-refractivity contribution in [2.24, 2.45) is 0 Å². The molecule has 1 aliphatic rings. The van der Waals surface area contributed by atoms with Crippen LogP contribution in [-0.2, 0) is 14.4 Å². The lowest BCUT2D eigenvalue weighted by Crippen LogP contribution is -2.31. The van der Waals surface area contributed by atoms with E-state index in [0.717, 1.165) is 17.0 Å². The van der Waals surface area contributed by atoms with Crippen molar-refractivity contribution in [3.05, 3.63) is 85.5 Å². The molecule has 1 atom stereocenters. The van der Waals surface area contributed by atoms with Gasteiger partial charge in [0.05, 0.1) is 21.5 Å². The molecule has 0 bridgehead atoms. The molecular weight excluding hydrogens is 438 g/mol. The highest BCUT2D eigenvalue weighted by Crippen LogP contribution is 2.40. The smallest absolute Gasteiger partial charge is 0.303 e. The van der Waals surface area contributed by atoms with E-state index in [1.807, 2.05) is 0 Å². The fourth-order valence-electron chi connectivity index (χ4n) is 3.53. The van der Waals surface area contributed by atoms with Gasteiger partial charge in [-0.25, -0.2) is 0 Å². The number of hydrogen-bond acceptors (Lipinski definition) is 8. The number of likely N-dealkylation sites (tertiary alicyclic amines) is 1. The molecular formula is C21H17N3O9. The van der Waals surface area contributed by atoms with Gasteiger partial charge in [0.25, 0.3) is 23.1 Å². The Morgan fingerprint density at radius 1 is 0.909 bits per heavy atom. The molecule has 12 heteroatoms. The van der Waals surface area contributed by atoms with Crippen LogP contribution >= 0.6 is 0 Å². The summed E-state index contributed by atoms with van der Waals surface area (Å²) in [6.45, 7) is -0.116. The van der Waals surface area contributed by atoms with Gasteiger partial charge in [-0.15, -0.1) is 0 Å². The van der Waals surface area contributed by atoms with Crippen LogP contribution in [0.5, 0.6) is 0 Å². The summed E-state index contributed by atoms with van der Waals surface area (Å²) in [4.78, 5) is 58.1. The van der Waals surface area contributed by atoms with Crippen LogP contribution in [0.25, 0.3) is 5.76 Å². The van der Waals surface area contributed by atoms with Crippen molar-refractivity contribution in [3.8, 4) is 0 Å². The Kier molecular flexibility index (Phi) is 6.47. The monoisotopic (exact) mass is 455 g/mol. The Hall–Kier alpha value is -4.61. The Bertz CT molecular complexity index is 1170. The van der Waals surface area contributed by atoms with Gasteiger partial charge in [0.15, 0.2) is 0 Å². The van der Waals surface area contributed by atoms with Crippen LogP contribution in [0.4, 0.5) is 11.4 Å². The van der Waals surface area contributed by atoms with Crippen LogP contribution < -0.4 is 0 Å². The molecule has 12 nitrogen and oxygen atoms in total. The molecule has 1 heterocycles. The maximum absolute atomic E-state index is 12.8. The number of hydrogen-bond donors (Lipinski definition) is 2. The number of aliphatic hydroxyl groups excluding tert-OH is 1. The quantitative estimate of drug-likeness (QED) is 0.199. The molecule has 0 unspecified atom stereocenters. The van der Waals surface area contributed by atoms with Gasteiger partial charge < -0.3 is 15.1 Å². The Morgan fingerprint density at radius 2 is 1.42 bits per heavy atom. The molecule has 0 aliphatic carbocycles. The number of nitrogens with zero attached hydrogens (tertiary/aromatic N) is 3. The zero-order valence-electron chi connectivity index (χ0n) is 16.9. The van der Waals surface area contributed by atoms with Crippen LogP contribution in [-0.4, -0.2) is 49.2 Å². The Labute approximate surface area is 185 Å². The number of nitro benzene ring substituents is 2. The number of rotatable bonds is 8. The van der Waals surface area contributed by atoms with Gasteiger partial charge in [-0.05, 0) is 36.2 Å². The molecule has 0 spiro atoms. The van der Waals surface area contributed by atoms with E-state index in [9.17, 15) is 39.7 Å². The number of aliphatic hydroxyl groups is 1. The van der Waals surface area contributed by atoms with E-state index in [1.165, 1.54) is 36.4 Å². The summed E-state index contributed by atoms with van der Waals surface area (Å²) in [6, 6.07) is 8.59. The average Bonchev–Trinajstić information content (AvgIpc) is 3.03. The number of nitro groups is 2. The third kappa shape index (κ3) is 4.69. The number of ketones is 1. The standard InChI is InChI=1S/C21H17N3O9/c25-16(26)2-1-11-22-18(12-3-7-14(8-4-12)23(30)31)17(20(28)21(22)29)19(27)13-5-9-15(10-6-13)24(32)33/h3-10,18,27H,1-2,11H2,(H,25,26)/b19-17+/t18-/m1/s1. The van der Waals surface area contributed by atoms with Crippen molar-refractivity contribution in [1.29, 1.82) is 0 Å². The highest BCUT2D eigenvalue weighted by molar-refractivity contribution is 6.46. The first-order chi connectivity index (χ1) is 15.6. The summed E-state index contributed by atoms with van der Waals surface area (Å²) >= 11 is 0. The van der Waals surface area contributed by atoms with Crippen molar-refractivity contribution in [2.75, 3.05) is 6.54 Å². The molecule has 170 valence electrons. The van der Waals surface area contributed by atoms with E-state index < -0.39 is 39.3 Å². The molecule has 0 radical (unpaired) electrons. The second-order valence-corrected chi connectivity index (χ2v) is 7.14. The number of carboxylic acid groups (broad SMARTS) is 1. The number of benzene rings is 2. The van der Waals surface area contributed by atoms with E-state index >= 15 is 0 Å². The molecule has 0 aromatic heterocycles. The first kappa shape index (κ1) is 23.1. The predicted octanol–water partition coefficient (Wildman–Crippen LogP) is 2.79. The molecule has 1 fully saturated rings. The van der Waals surface area contributed by atoms with Crippen molar-refractivity contribution in [1.82, 2.24) is 4.90 Å². The highest BCUT2D eigenvalue weighted by atomic mass is 16.6. The van der Waals surface area contributed by atoms with E-state index in [-0.39, 0.29) is 41.9 Å². The molecule has 1 saturated heterocycles. The summed E-state index contributed by atoms with van der Waals surface area (Å²) in [6.07, 6.45) is -0.234. The molecule has 0 saturated carbocycles. The second-order valence-electron chi connectivity index (χ2n) is 7.14. The van der Waals surface area contributed by atoms with Crippen LogP contribution in [0.2, 0.25) is 0 Å². The first-order valence-corrected chi connectivity index (χ1v) is 9.61. The zero-order valence-corrected chi connectivity index (χ0v) is 16.9. The molecule has 2 N–H and O–H groups in total. The third-order valence-electron chi connectivity index (χ3n) is 5.10. The fourth-order valence-corrected chi connectivity index (χ4v) is 3.53. The average molecular weight is 455 g/mol. The van der Waals surface area contributed by atoms with Gasteiger partial charge in [0.2, 0.25) is 0 Å². The lowest BCUT2D eigenvalue weighted by atomic mass is 9.95. The number of Topliss-reactive ketones (excluding diaryl/α,β-unsaturated/α-hetero) is 1. The van der Waals surface area contributed by atoms with Crippen molar-refractivity contribution in [3.63, 3.8) is 0 Å². The lowest BCUT2D eigenvalue weighted by Gasteiger charge is -2.25. The summed E-state index contributed by atoms with van der Waals surface area (Å²) < 4.78 is 0. The normalized spacial score (nSPS) is 17.2. The number of amides is 1. The molecule has 2 aromatic carbocycles. The van der Waals surface area contributed by atoms with Crippen LogP contribution in [0, 0.1) is 20.2 Å². The van der Waals surface area contributed by atoms with Crippen LogP contribution in [0.1, 0.15) is 30.0 Å². The van der Waals surface area contributed by atoms with E-state index in [0.29, 0.717) is 5.56 Å². The van der Waals surface area contributed by atoms with E-state index in [4.69, 9.17) is 5.11 Å². The van der Waals surface area contributed by atoms with Gasteiger partial charge >= 0.3 is 5.97 Å². The fraction of sp³-hybridized carbons (Fsp3) is 0.190. The molecule has 1 amide bonds. The maximum atomic E-state index is 12.8. The SMILES string of the molecule is O=C(O)CCCN1C(=O)C(=O)/C(=C(/O)c2ccc([N+](=O)[O-])cc2)[C@H]1c1ccc([N+](=O)[O-])cc1. The number of carboxylic acids is 1. The van der Waals surface area contributed by atoms with Crippen molar-refractivity contribution < 1.29 is 34.4 Å². The maximum Gasteiger partial charge on any atom is 0.303 e. The Morgan fingerprint density at radius 3 is 1.91 bits per heavy atom. The molecule has 3 rings (SSSR count). The second kappa shape index (κ2) is 9.26. The van der Waals surface area contributed by atoms with Crippen LogP contribution in [0.15, 0.2) is 54.1 Å². The summed E-state index contributed by atoms with van der Waals surface area (Å²) in [5.74, 6) is -3.66. The topological polar surface area (TPSA) is 181 Å². The van der Waals surface area contributed by atoms with Gasteiger partial charge in [-0.2, -0.15) is 0 Å². The number of carbonyl (C=O) groups excluding carboxylic acids is 2. The largest absolute Gasteiger partial charge is 0.507 e. The molecule has 1 aliphatic heterocycles. The van der Waals surface area contributed by atoms with Crippen molar-refractivity contribution in [2.45, 2.75) is 18.9 Å². The minimum Gasteiger partial charge on any atom is -0.507 e. The van der Waals surface area contributed by atoms with Gasteiger partial charge in [0, 0.05) is 42.8 Å². The molecule has 33 heavy (non-hydrogen) atoms. The number of non-ortho nitro benzene ring substituents is 2. The zero-order chi connectivity index (χ0) is 24.3. The van der Waals surface area contributed by atoms with Gasteiger partial charge in [0.1, 0.15) is 5.76 Å². The minimum atomic E-state index is -1.13. The first-order valence-electron chi connectivity index (χ1n) is 9.61. The van der Waals surface area contributed by atoms with Gasteiger partial charge in [-0.3, -0.25) is 34.6 Å². The molecule has 2 aromatic rings. The lowest BCUT2D eigenvalue weighted by molar-refractivity contribution is -0.385. The van der Waals surface area contributed by atoms with E-state index in [1.54, 1.807) is 0 Å². The predicted molar refractivity (Wildman–Crippen MR) is 112 cm³/mol. The summed E-state index contributed by atoms with van der Waals surface area (Å²) in [5, 5.41) is 41.6. The van der Waals surface area contributed by atoms with E-state index in [2.05, 4.69) is 0 Å². The number of carbonyl (C=O) groups is 3. The minimum absolute atomic E-state index is 0.0312. The number of aliphatic carboxylic acids is 1. The van der Waals surface area contributed by atoms with Crippen LogP contribution in [0.3, 0.4) is 0 Å². The van der Waals surface area contributed by atoms with Gasteiger partial charge in [-0.1, -0.05) is 0 Å².